The number of anilines is 1. The summed E-state index contributed by atoms with van der Waals surface area (Å²) in [4.78, 5) is 40.7. The highest BCUT2D eigenvalue weighted by Gasteiger charge is 2.25. The molecule has 0 saturated carbocycles. The van der Waals surface area contributed by atoms with E-state index in [1.807, 2.05) is 4.90 Å². The van der Waals surface area contributed by atoms with Crippen molar-refractivity contribution in [2.24, 2.45) is 0 Å². The van der Waals surface area contributed by atoms with E-state index >= 15 is 0 Å². The minimum absolute atomic E-state index is 0.0982. The van der Waals surface area contributed by atoms with E-state index in [2.05, 4.69) is 15.5 Å². The lowest BCUT2D eigenvalue weighted by atomic mass is 10.1. The second kappa shape index (κ2) is 8.54. The summed E-state index contributed by atoms with van der Waals surface area (Å²) in [7, 11) is 0. The molecule has 2 amide bonds. The Morgan fingerprint density at radius 2 is 1.80 bits per heavy atom. The van der Waals surface area contributed by atoms with Gasteiger partial charge in [0, 0.05) is 44.0 Å². The number of carbonyl (C=O) groups is 3. The number of nitrogens with zero attached hydrogens (tertiary/aromatic N) is 3. The van der Waals surface area contributed by atoms with Crippen molar-refractivity contribution < 1.29 is 23.9 Å². The van der Waals surface area contributed by atoms with Gasteiger partial charge in [-0.1, -0.05) is 0 Å². The van der Waals surface area contributed by atoms with E-state index in [9.17, 15) is 14.4 Å². The van der Waals surface area contributed by atoms with Crippen LogP contribution in [0.4, 0.5) is 5.69 Å². The third-order valence-corrected chi connectivity index (χ3v) is 5.09. The Bertz CT molecular complexity index is 951. The third kappa shape index (κ3) is 4.28. The predicted molar refractivity (Wildman–Crippen MR) is 107 cm³/mol. The first-order valence-electron chi connectivity index (χ1n) is 9.76. The van der Waals surface area contributed by atoms with E-state index in [1.54, 1.807) is 29.3 Å². The number of H-pyrrole nitrogens is 1. The highest BCUT2D eigenvalue weighted by atomic mass is 16.6. The van der Waals surface area contributed by atoms with Gasteiger partial charge < -0.3 is 19.7 Å². The number of aromatic amines is 1. The Hall–Kier alpha value is -3.40. The molecule has 1 fully saturated rings. The topological polar surface area (TPSA) is 117 Å². The van der Waals surface area contributed by atoms with Crippen LogP contribution < -0.4 is 14.8 Å². The number of hydrogen-bond donors (Lipinski definition) is 2. The number of fused-ring (bicyclic) bond motifs is 1. The van der Waals surface area contributed by atoms with Crippen molar-refractivity contribution in [1.82, 2.24) is 20.0 Å². The van der Waals surface area contributed by atoms with Crippen LogP contribution in [0.5, 0.6) is 11.5 Å². The maximum absolute atomic E-state index is 12.6. The highest BCUT2D eigenvalue weighted by Crippen LogP contribution is 2.35. The van der Waals surface area contributed by atoms with E-state index in [0.29, 0.717) is 67.8 Å². The number of carbonyl (C=O) groups excluding carboxylic acids is 3. The summed E-state index contributed by atoms with van der Waals surface area (Å²) < 4.78 is 11.1. The summed E-state index contributed by atoms with van der Waals surface area (Å²) in [5.41, 5.74) is 1.24. The van der Waals surface area contributed by atoms with Crippen LogP contribution in [0.1, 0.15) is 27.8 Å². The van der Waals surface area contributed by atoms with E-state index in [1.165, 1.54) is 6.92 Å². The molecular weight excluding hydrogens is 390 g/mol. The van der Waals surface area contributed by atoms with Gasteiger partial charge in [0.05, 0.1) is 12.2 Å². The number of aromatic nitrogens is 2. The standard InChI is InChI=1S/C20H23N5O5/c1-13(26)14-10-17-18(30-9-8-29-17)11-16(14)22-19(27)12-24-4-6-25(7-5-24)20(28)15-2-3-21-23-15/h2-3,10-11H,4-9,12H2,1H3,(H,21,23)(H,22,27). The molecule has 0 atom stereocenters. The van der Waals surface area contributed by atoms with Gasteiger partial charge in [-0.05, 0) is 19.1 Å². The Kier molecular flexibility index (Phi) is 5.66. The first-order valence-corrected chi connectivity index (χ1v) is 9.76. The van der Waals surface area contributed by atoms with Gasteiger partial charge in [0.25, 0.3) is 5.91 Å². The van der Waals surface area contributed by atoms with Gasteiger partial charge in [0.2, 0.25) is 5.91 Å². The Balaban J connectivity index is 1.35. The molecule has 2 aliphatic heterocycles. The summed E-state index contributed by atoms with van der Waals surface area (Å²) in [6.07, 6.45) is 1.54. The summed E-state index contributed by atoms with van der Waals surface area (Å²) in [5.74, 6) is 0.504. The lowest BCUT2D eigenvalue weighted by molar-refractivity contribution is -0.117. The molecule has 2 N–H and O–H groups in total. The molecule has 0 bridgehead atoms. The van der Waals surface area contributed by atoms with Crippen LogP contribution in [0.3, 0.4) is 0 Å². The monoisotopic (exact) mass is 413 g/mol. The Labute approximate surface area is 173 Å². The van der Waals surface area contributed by atoms with Crippen molar-refractivity contribution in [3.05, 3.63) is 35.7 Å². The number of rotatable bonds is 5. The molecule has 0 unspecified atom stereocenters. The van der Waals surface area contributed by atoms with Crippen LogP contribution in [0.2, 0.25) is 0 Å². The van der Waals surface area contributed by atoms with Gasteiger partial charge in [0.15, 0.2) is 17.3 Å². The van der Waals surface area contributed by atoms with Gasteiger partial charge in [0.1, 0.15) is 18.9 Å². The molecule has 2 aromatic rings. The summed E-state index contributed by atoms with van der Waals surface area (Å²) in [6, 6.07) is 4.87. The second-order valence-electron chi connectivity index (χ2n) is 7.18. The summed E-state index contributed by atoms with van der Waals surface area (Å²) in [6.45, 7) is 4.64. The fraction of sp³-hybridized carbons (Fsp3) is 0.400. The van der Waals surface area contributed by atoms with Crippen molar-refractivity contribution in [3.8, 4) is 11.5 Å². The second-order valence-corrected chi connectivity index (χ2v) is 7.18. The molecule has 2 aliphatic rings. The lowest BCUT2D eigenvalue weighted by Crippen LogP contribution is -2.50. The zero-order chi connectivity index (χ0) is 21.1. The van der Waals surface area contributed by atoms with Crippen molar-refractivity contribution >= 4 is 23.3 Å². The fourth-order valence-electron chi connectivity index (χ4n) is 3.53. The zero-order valence-electron chi connectivity index (χ0n) is 16.6. The molecular formula is C20H23N5O5. The highest BCUT2D eigenvalue weighted by molar-refractivity contribution is 6.05. The predicted octanol–water partition coefficient (Wildman–Crippen LogP) is 0.780. The molecule has 3 heterocycles. The maximum Gasteiger partial charge on any atom is 0.271 e. The number of benzene rings is 1. The normalized spacial score (nSPS) is 16.2. The minimum Gasteiger partial charge on any atom is -0.486 e. The number of piperazine rings is 1. The molecule has 30 heavy (non-hydrogen) atoms. The van der Waals surface area contributed by atoms with Crippen molar-refractivity contribution in [2.45, 2.75) is 6.92 Å². The lowest BCUT2D eigenvalue weighted by Gasteiger charge is -2.34. The van der Waals surface area contributed by atoms with E-state index in [0.717, 1.165) is 0 Å². The van der Waals surface area contributed by atoms with Crippen LogP contribution in [0.25, 0.3) is 0 Å². The smallest absolute Gasteiger partial charge is 0.271 e. The number of Topliss-reactive ketones (excluding diaryl/α,β-unsaturated/α-hetero) is 1. The molecule has 1 saturated heterocycles. The average molecular weight is 413 g/mol. The van der Waals surface area contributed by atoms with Crippen molar-refractivity contribution in [2.75, 3.05) is 51.3 Å². The molecule has 0 aliphatic carbocycles. The van der Waals surface area contributed by atoms with Gasteiger partial charge in [-0.15, -0.1) is 0 Å². The SMILES string of the molecule is CC(=O)c1cc2c(cc1NC(=O)CN1CCN(C(=O)c3ccn[nH]3)CC1)OCCO2. The number of nitrogens with one attached hydrogen (secondary N) is 2. The van der Waals surface area contributed by atoms with E-state index in [-0.39, 0.29) is 24.1 Å². The van der Waals surface area contributed by atoms with E-state index in [4.69, 9.17) is 9.47 Å². The van der Waals surface area contributed by atoms with Crippen molar-refractivity contribution in [1.29, 1.82) is 0 Å². The molecule has 10 heteroatoms. The van der Waals surface area contributed by atoms with Crippen LogP contribution >= 0.6 is 0 Å². The van der Waals surface area contributed by atoms with Gasteiger partial charge in [-0.25, -0.2) is 0 Å². The third-order valence-electron chi connectivity index (χ3n) is 5.09. The first-order chi connectivity index (χ1) is 14.5. The van der Waals surface area contributed by atoms with Gasteiger partial charge in [-0.3, -0.25) is 24.4 Å². The number of ketones is 1. The van der Waals surface area contributed by atoms with Crippen LogP contribution in [-0.4, -0.2) is 83.5 Å². The molecule has 0 spiro atoms. The van der Waals surface area contributed by atoms with Crippen LogP contribution in [0.15, 0.2) is 24.4 Å². The molecule has 1 aromatic carbocycles. The van der Waals surface area contributed by atoms with Crippen LogP contribution in [-0.2, 0) is 4.79 Å². The Morgan fingerprint density at radius 1 is 1.10 bits per heavy atom. The van der Waals surface area contributed by atoms with Gasteiger partial charge in [-0.2, -0.15) is 5.10 Å². The molecule has 4 rings (SSSR count). The minimum atomic E-state index is -0.234. The van der Waals surface area contributed by atoms with E-state index < -0.39 is 0 Å². The largest absolute Gasteiger partial charge is 0.486 e. The summed E-state index contributed by atoms with van der Waals surface area (Å²) in [5, 5.41) is 9.29. The zero-order valence-corrected chi connectivity index (χ0v) is 16.6. The molecule has 10 nitrogen and oxygen atoms in total. The molecule has 158 valence electrons. The quantitative estimate of drug-likeness (QED) is 0.696. The molecule has 1 aromatic heterocycles. The molecule has 0 radical (unpaired) electrons. The van der Waals surface area contributed by atoms with Gasteiger partial charge >= 0.3 is 0 Å². The number of ether oxygens (including phenoxy) is 2. The summed E-state index contributed by atoms with van der Waals surface area (Å²) >= 11 is 0. The fourth-order valence-corrected chi connectivity index (χ4v) is 3.53. The maximum atomic E-state index is 12.6. The average Bonchev–Trinajstić information content (AvgIpc) is 3.28. The Morgan fingerprint density at radius 3 is 2.43 bits per heavy atom. The van der Waals surface area contributed by atoms with Crippen molar-refractivity contribution in [3.63, 3.8) is 0 Å². The first kappa shape index (κ1) is 19.9. The number of hydrogen-bond acceptors (Lipinski definition) is 7. The van der Waals surface area contributed by atoms with Crippen LogP contribution in [0, 0.1) is 0 Å². The number of amides is 2.